The lowest BCUT2D eigenvalue weighted by molar-refractivity contribution is -0.138. The molecule has 0 radical (unpaired) electrons. The van der Waals surface area contributed by atoms with Gasteiger partial charge in [0.05, 0.1) is 17.3 Å². The Hall–Kier alpha value is -2.96. The minimum absolute atomic E-state index is 0.0731. The minimum atomic E-state index is -4.47. The molecule has 0 aliphatic carbocycles. The van der Waals surface area contributed by atoms with Crippen LogP contribution in [0.1, 0.15) is 11.3 Å². The third-order valence-corrected chi connectivity index (χ3v) is 4.19. The third kappa shape index (κ3) is 2.52. The van der Waals surface area contributed by atoms with Crippen LogP contribution >= 0.6 is 0 Å². The first-order valence-corrected chi connectivity index (χ1v) is 7.44. The molecule has 7 heteroatoms. The van der Waals surface area contributed by atoms with E-state index >= 15 is 0 Å². The molecule has 0 unspecified atom stereocenters. The molecule has 0 amide bonds. The Labute approximate surface area is 139 Å². The van der Waals surface area contributed by atoms with Gasteiger partial charge in [-0.05, 0) is 24.6 Å². The van der Waals surface area contributed by atoms with Crippen LogP contribution in [0.4, 0.5) is 17.6 Å². The maximum absolute atomic E-state index is 13.8. The summed E-state index contributed by atoms with van der Waals surface area (Å²) in [4.78, 5) is 10.6. The second kappa shape index (κ2) is 5.27. The summed E-state index contributed by atoms with van der Waals surface area (Å²) in [6.07, 6.45) is -0.409. The van der Waals surface area contributed by atoms with E-state index < -0.39 is 17.6 Å². The summed E-state index contributed by atoms with van der Waals surface area (Å²) in [5, 5.41) is 1.38. The molecule has 0 aliphatic rings. The van der Waals surface area contributed by atoms with E-state index in [1.165, 1.54) is 13.1 Å². The molecular weight excluding hydrogens is 334 g/mol. The first-order chi connectivity index (χ1) is 11.8. The van der Waals surface area contributed by atoms with Crippen LogP contribution in [0.5, 0.6) is 0 Å². The number of nitrogens with zero attached hydrogens (tertiary/aromatic N) is 2. The van der Waals surface area contributed by atoms with E-state index in [0.717, 1.165) is 17.6 Å². The number of hydrogen-bond acceptors (Lipinski definition) is 2. The Morgan fingerprint density at radius 2 is 1.76 bits per heavy atom. The van der Waals surface area contributed by atoms with Gasteiger partial charge >= 0.3 is 6.18 Å². The van der Waals surface area contributed by atoms with Crippen molar-refractivity contribution in [2.45, 2.75) is 13.1 Å². The van der Waals surface area contributed by atoms with Gasteiger partial charge in [-0.25, -0.2) is 4.39 Å². The lowest BCUT2D eigenvalue weighted by Crippen LogP contribution is -2.08. The molecule has 0 aliphatic heterocycles. The SMILES string of the molecule is Cc1ncc(-c2ccc3c(c2)[nH]c2c(F)cncc23)cc1C(F)(F)F. The normalized spacial score (nSPS) is 12.2. The fraction of sp³-hybridized carbons (Fsp3) is 0.111. The lowest BCUT2D eigenvalue weighted by Gasteiger charge is -2.11. The maximum Gasteiger partial charge on any atom is 0.418 e. The Kier molecular flexibility index (Phi) is 3.28. The Bertz CT molecular complexity index is 1110. The van der Waals surface area contributed by atoms with Gasteiger partial charge in [-0.3, -0.25) is 9.97 Å². The summed E-state index contributed by atoms with van der Waals surface area (Å²) in [6.45, 7) is 1.32. The van der Waals surface area contributed by atoms with Gasteiger partial charge in [-0.1, -0.05) is 12.1 Å². The molecule has 0 bridgehead atoms. The molecule has 1 N–H and O–H groups in total. The van der Waals surface area contributed by atoms with E-state index in [1.807, 2.05) is 0 Å². The number of hydrogen-bond donors (Lipinski definition) is 1. The molecule has 1 aromatic carbocycles. The fourth-order valence-electron chi connectivity index (χ4n) is 2.94. The van der Waals surface area contributed by atoms with Gasteiger partial charge in [0.25, 0.3) is 0 Å². The zero-order valence-corrected chi connectivity index (χ0v) is 12.9. The molecule has 25 heavy (non-hydrogen) atoms. The van der Waals surface area contributed by atoms with Crippen molar-refractivity contribution >= 4 is 21.8 Å². The summed E-state index contributed by atoms with van der Waals surface area (Å²) in [5.74, 6) is -0.480. The topological polar surface area (TPSA) is 41.6 Å². The molecule has 126 valence electrons. The van der Waals surface area contributed by atoms with Crippen molar-refractivity contribution in [3.05, 3.63) is 59.9 Å². The van der Waals surface area contributed by atoms with Crippen molar-refractivity contribution in [2.75, 3.05) is 0 Å². The van der Waals surface area contributed by atoms with Crippen molar-refractivity contribution in [1.82, 2.24) is 15.0 Å². The minimum Gasteiger partial charge on any atom is -0.352 e. The molecule has 3 heterocycles. The number of alkyl halides is 3. The highest BCUT2D eigenvalue weighted by atomic mass is 19.4. The zero-order chi connectivity index (χ0) is 17.8. The largest absolute Gasteiger partial charge is 0.418 e. The number of benzene rings is 1. The number of H-pyrrole nitrogens is 1. The zero-order valence-electron chi connectivity index (χ0n) is 12.9. The third-order valence-electron chi connectivity index (χ3n) is 4.19. The Balaban J connectivity index is 1.91. The van der Waals surface area contributed by atoms with Crippen LogP contribution in [0.25, 0.3) is 32.9 Å². The number of fused-ring (bicyclic) bond motifs is 3. The van der Waals surface area contributed by atoms with Crippen molar-refractivity contribution < 1.29 is 17.6 Å². The Morgan fingerprint density at radius 3 is 2.52 bits per heavy atom. The quantitative estimate of drug-likeness (QED) is 0.479. The van der Waals surface area contributed by atoms with Crippen molar-refractivity contribution in [1.29, 1.82) is 0 Å². The molecule has 0 atom stereocenters. The summed E-state index contributed by atoms with van der Waals surface area (Å²) < 4.78 is 53.1. The number of pyridine rings is 2. The number of aromatic nitrogens is 3. The summed E-state index contributed by atoms with van der Waals surface area (Å²) in [6, 6.07) is 6.18. The first-order valence-electron chi connectivity index (χ1n) is 7.44. The average Bonchev–Trinajstić information content (AvgIpc) is 2.93. The molecule has 0 spiro atoms. The van der Waals surface area contributed by atoms with E-state index in [9.17, 15) is 17.6 Å². The van der Waals surface area contributed by atoms with E-state index in [1.54, 1.807) is 24.4 Å². The van der Waals surface area contributed by atoms with Gasteiger partial charge in [0.15, 0.2) is 5.82 Å². The highest BCUT2D eigenvalue weighted by Gasteiger charge is 2.33. The van der Waals surface area contributed by atoms with Gasteiger partial charge in [0.2, 0.25) is 0 Å². The van der Waals surface area contributed by atoms with Crippen LogP contribution in [0.2, 0.25) is 0 Å². The predicted molar refractivity (Wildman–Crippen MR) is 86.5 cm³/mol. The smallest absolute Gasteiger partial charge is 0.352 e. The molecule has 0 saturated carbocycles. The van der Waals surface area contributed by atoms with Crippen molar-refractivity contribution in [2.24, 2.45) is 0 Å². The van der Waals surface area contributed by atoms with Crippen molar-refractivity contribution in [3.63, 3.8) is 0 Å². The van der Waals surface area contributed by atoms with Gasteiger partial charge < -0.3 is 4.98 Å². The van der Waals surface area contributed by atoms with Crippen LogP contribution in [0.3, 0.4) is 0 Å². The summed E-state index contributed by atoms with van der Waals surface area (Å²) in [7, 11) is 0. The van der Waals surface area contributed by atoms with Gasteiger partial charge in [0.1, 0.15) is 0 Å². The van der Waals surface area contributed by atoms with E-state index in [2.05, 4.69) is 15.0 Å². The van der Waals surface area contributed by atoms with Crippen molar-refractivity contribution in [3.8, 4) is 11.1 Å². The second-order valence-corrected chi connectivity index (χ2v) is 5.78. The average molecular weight is 345 g/mol. The number of aromatic amines is 1. The predicted octanol–water partition coefficient (Wildman–Crippen LogP) is 5.24. The summed E-state index contributed by atoms with van der Waals surface area (Å²) in [5.41, 5.74) is 1.00. The number of nitrogens with one attached hydrogen (secondary N) is 1. The van der Waals surface area contributed by atoms with Crippen LogP contribution in [0.15, 0.2) is 42.9 Å². The standard InChI is InChI=1S/C18H11F4N3/c1-9-14(18(20,21)22)4-11(6-24-9)10-2-3-12-13-7-23-8-15(19)17(13)25-16(12)5-10/h2-8,25H,1H3. The monoisotopic (exact) mass is 345 g/mol. The number of rotatable bonds is 1. The second-order valence-electron chi connectivity index (χ2n) is 5.78. The fourth-order valence-corrected chi connectivity index (χ4v) is 2.94. The van der Waals surface area contributed by atoms with E-state index in [4.69, 9.17) is 0 Å². The molecule has 4 rings (SSSR count). The molecule has 0 saturated heterocycles. The van der Waals surface area contributed by atoms with Crippen LogP contribution in [0, 0.1) is 12.7 Å². The molecule has 4 aromatic rings. The van der Waals surface area contributed by atoms with E-state index in [-0.39, 0.29) is 5.69 Å². The highest BCUT2D eigenvalue weighted by molar-refractivity contribution is 6.07. The van der Waals surface area contributed by atoms with Gasteiger partial charge in [-0.15, -0.1) is 0 Å². The lowest BCUT2D eigenvalue weighted by atomic mass is 10.0. The molecule has 3 nitrogen and oxygen atoms in total. The van der Waals surface area contributed by atoms with Crippen LogP contribution in [-0.4, -0.2) is 15.0 Å². The number of aryl methyl sites for hydroxylation is 1. The Morgan fingerprint density at radius 1 is 0.960 bits per heavy atom. The maximum atomic E-state index is 13.8. The van der Waals surface area contributed by atoms with E-state index in [0.29, 0.717) is 27.5 Å². The molecular formula is C18H11F4N3. The van der Waals surface area contributed by atoms with Crippen LogP contribution in [-0.2, 0) is 6.18 Å². The van der Waals surface area contributed by atoms with Crippen LogP contribution < -0.4 is 0 Å². The van der Waals surface area contributed by atoms with Gasteiger partial charge in [-0.2, -0.15) is 13.2 Å². The first kappa shape index (κ1) is 15.6. The molecule has 0 fully saturated rings. The number of halogens is 4. The molecule has 3 aromatic heterocycles. The van der Waals surface area contributed by atoms with Gasteiger partial charge in [0, 0.05) is 39.9 Å². The highest BCUT2D eigenvalue weighted by Crippen LogP contribution is 2.35. The summed E-state index contributed by atoms with van der Waals surface area (Å²) >= 11 is 0.